The Morgan fingerprint density at radius 1 is 1.19 bits per heavy atom. The summed E-state index contributed by atoms with van der Waals surface area (Å²) in [6.45, 7) is 8.88. The highest BCUT2D eigenvalue weighted by atomic mass is 16.3. The van der Waals surface area contributed by atoms with Crippen LogP contribution in [0.5, 0.6) is 0 Å². The van der Waals surface area contributed by atoms with Crippen molar-refractivity contribution in [2.45, 2.75) is 51.2 Å². The van der Waals surface area contributed by atoms with Crippen LogP contribution in [-0.2, 0) is 0 Å². The molecule has 21 heavy (non-hydrogen) atoms. The summed E-state index contributed by atoms with van der Waals surface area (Å²) in [5.74, 6) is 0.538. The summed E-state index contributed by atoms with van der Waals surface area (Å²) < 4.78 is 0. The van der Waals surface area contributed by atoms with Crippen molar-refractivity contribution in [1.82, 2.24) is 10.2 Å². The quantitative estimate of drug-likeness (QED) is 0.758. The van der Waals surface area contributed by atoms with Gasteiger partial charge in [0.1, 0.15) is 0 Å². The predicted octanol–water partition coefficient (Wildman–Crippen LogP) is 2.62. The van der Waals surface area contributed by atoms with Crippen molar-refractivity contribution in [2.75, 3.05) is 26.2 Å². The highest BCUT2D eigenvalue weighted by molar-refractivity contribution is 5.20. The topological polar surface area (TPSA) is 35.5 Å². The Balaban J connectivity index is 1.62. The van der Waals surface area contributed by atoms with Gasteiger partial charge < -0.3 is 15.3 Å². The number of benzene rings is 1. The number of aliphatic hydroxyl groups excluding tert-OH is 1. The average Bonchev–Trinajstić information content (AvgIpc) is 2.53. The predicted molar refractivity (Wildman–Crippen MR) is 88.6 cm³/mol. The third-order valence-electron chi connectivity index (χ3n) is 4.75. The first-order valence-electron chi connectivity index (χ1n) is 8.35. The van der Waals surface area contributed by atoms with E-state index in [0.29, 0.717) is 12.0 Å². The van der Waals surface area contributed by atoms with Gasteiger partial charge in [0.05, 0.1) is 6.10 Å². The molecule has 1 heterocycles. The summed E-state index contributed by atoms with van der Waals surface area (Å²) >= 11 is 0. The van der Waals surface area contributed by atoms with Crippen molar-refractivity contribution in [3.63, 3.8) is 0 Å². The lowest BCUT2D eigenvalue weighted by molar-refractivity contribution is 0.0820. The van der Waals surface area contributed by atoms with Crippen molar-refractivity contribution in [1.29, 1.82) is 0 Å². The highest BCUT2D eigenvalue weighted by Gasteiger charge is 2.17. The molecule has 3 nitrogen and oxygen atoms in total. The summed E-state index contributed by atoms with van der Waals surface area (Å²) in [4.78, 5) is 2.47. The molecule has 2 N–H and O–H groups in total. The van der Waals surface area contributed by atoms with E-state index in [-0.39, 0.29) is 6.10 Å². The van der Waals surface area contributed by atoms with Crippen LogP contribution in [0, 0.1) is 0 Å². The molecule has 0 radical (unpaired) electrons. The van der Waals surface area contributed by atoms with Crippen molar-refractivity contribution >= 4 is 0 Å². The molecule has 2 unspecified atom stereocenters. The number of rotatable bonds is 7. The zero-order valence-electron chi connectivity index (χ0n) is 13.5. The van der Waals surface area contributed by atoms with E-state index in [1.165, 1.54) is 12.0 Å². The van der Waals surface area contributed by atoms with Crippen molar-refractivity contribution in [3.8, 4) is 0 Å². The Labute approximate surface area is 129 Å². The maximum absolute atomic E-state index is 9.50. The van der Waals surface area contributed by atoms with Crippen LogP contribution in [0.15, 0.2) is 30.3 Å². The number of hydrogen-bond acceptors (Lipinski definition) is 3. The smallest absolute Gasteiger partial charge is 0.0564 e. The van der Waals surface area contributed by atoms with Crippen molar-refractivity contribution in [2.24, 2.45) is 0 Å². The van der Waals surface area contributed by atoms with E-state index in [4.69, 9.17) is 0 Å². The van der Waals surface area contributed by atoms with Gasteiger partial charge in [-0.2, -0.15) is 0 Å². The summed E-state index contributed by atoms with van der Waals surface area (Å²) in [5, 5.41) is 13.2. The molecule has 0 saturated carbocycles. The molecule has 2 atom stereocenters. The molecule has 118 valence electrons. The third kappa shape index (κ3) is 5.42. The van der Waals surface area contributed by atoms with Gasteiger partial charge in [0.15, 0.2) is 0 Å². The minimum absolute atomic E-state index is 0.0638. The number of aliphatic hydroxyl groups is 1. The SMILES string of the molecule is CC(NCCCN1CCC(O)CC1)C(C)c1ccccc1. The summed E-state index contributed by atoms with van der Waals surface area (Å²) in [6, 6.07) is 11.2. The minimum Gasteiger partial charge on any atom is -0.393 e. The van der Waals surface area contributed by atoms with E-state index in [9.17, 15) is 5.11 Å². The van der Waals surface area contributed by atoms with Gasteiger partial charge in [0, 0.05) is 19.1 Å². The Bertz CT molecular complexity index is 387. The molecule has 1 aromatic rings. The summed E-state index contributed by atoms with van der Waals surface area (Å²) in [7, 11) is 0. The van der Waals surface area contributed by atoms with Crippen LogP contribution in [0.2, 0.25) is 0 Å². The minimum atomic E-state index is -0.0638. The van der Waals surface area contributed by atoms with Crippen LogP contribution in [-0.4, -0.2) is 48.3 Å². The Kier molecular flexibility index (Phi) is 6.68. The largest absolute Gasteiger partial charge is 0.393 e. The van der Waals surface area contributed by atoms with E-state index in [2.05, 4.69) is 54.4 Å². The Hall–Kier alpha value is -0.900. The van der Waals surface area contributed by atoms with Crippen LogP contribution >= 0.6 is 0 Å². The molecule has 0 spiro atoms. The first kappa shape index (κ1) is 16.5. The molecule has 3 heteroatoms. The van der Waals surface area contributed by atoms with Gasteiger partial charge in [-0.15, -0.1) is 0 Å². The van der Waals surface area contributed by atoms with Crippen LogP contribution in [0.3, 0.4) is 0 Å². The van der Waals surface area contributed by atoms with E-state index >= 15 is 0 Å². The third-order valence-corrected chi connectivity index (χ3v) is 4.75. The molecular formula is C18H30N2O. The van der Waals surface area contributed by atoms with Gasteiger partial charge >= 0.3 is 0 Å². The molecule has 0 aliphatic carbocycles. The standard InChI is InChI=1S/C18H30N2O/c1-15(17-7-4-3-5-8-17)16(2)19-11-6-12-20-13-9-18(21)10-14-20/h3-5,7-8,15-16,18-19,21H,6,9-14H2,1-2H3. The normalized spacial score (nSPS) is 20.3. The molecule has 1 saturated heterocycles. The van der Waals surface area contributed by atoms with Gasteiger partial charge in [-0.3, -0.25) is 0 Å². The number of piperidine rings is 1. The van der Waals surface area contributed by atoms with E-state index in [1.54, 1.807) is 0 Å². The summed E-state index contributed by atoms with van der Waals surface area (Å²) in [5.41, 5.74) is 1.41. The van der Waals surface area contributed by atoms with Gasteiger partial charge in [0.25, 0.3) is 0 Å². The van der Waals surface area contributed by atoms with E-state index < -0.39 is 0 Å². The molecule has 1 aromatic carbocycles. The lowest BCUT2D eigenvalue weighted by Crippen LogP contribution is -2.38. The van der Waals surface area contributed by atoms with E-state index in [0.717, 1.165) is 39.0 Å². The molecule has 1 aliphatic heterocycles. The Morgan fingerprint density at radius 3 is 2.52 bits per heavy atom. The number of likely N-dealkylation sites (tertiary alicyclic amines) is 1. The number of hydrogen-bond donors (Lipinski definition) is 2. The monoisotopic (exact) mass is 290 g/mol. The lowest BCUT2D eigenvalue weighted by Gasteiger charge is -2.29. The van der Waals surface area contributed by atoms with Gasteiger partial charge in [-0.1, -0.05) is 37.3 Å². The van der Waals surface area contributed by atoms with E-state index in [1.807, 2.05) is 0 Å². The molecule has 0 aromatic heterocycles. The molecule has 1 fully saturated rings. The lowest BCUT2D eigenvalue weighted by atomic mass is 9.94. The molecule has 0 bridgehead atoms. The number of nitrogens with one attached hydrogen (secondary N) is 1. The maximum Gasteiger partial charge on any atom is 0.0564 e. The summed E-state index contributed by atoms with van der Waals surface area (Å²) in [6.07, 6.45) is 3.00. The van der Waals surface area contributed by atoms with Crippen LogP contribution in [0.4, 0.5) is 0 Å². The van der Waals surface area contributed by atoms with Crippen LogP contribution < -0.4 is 5.32 Å². The zero-order valence-corrected chi connectivity index (χ0v) is 13.5. The fourth-order valence-electron chi connectivity index (χ4n) is 3.00. The van der Waals surface area contributed by atoms with Crippen LogP contribution in [0.1, 0.15) is 44.6 Å². The van der Waals surface area contributed by atoms with Gasteiger partial charge in [-0.25, -0.2) is 0 Å². The fourth-order valence-corrected chi connectivity index (χ4v) is 3.00. The highest BCUT2D eigenvalue weighted by Crippen LogP contribution is 2.18. The average molecular weight is 290 g/mol. The van der Waals surface area contributed by atoms with Crippen molar-refractivity contribution < 1.29 is 5.11 Å². The second kappa shape index (κ2) is 8.52. The first-order valence-corrected chi connectivity index (χ1v) is 8.35. The first-order chi connectivity index (χ1) is 10.2. The van der Waals surface area contributed by atoms with Gasteiger partial charge in [-0.05, 0) is 50.8 Å². The fraction of sp³-hybridized carbons (Fsp3) is 0.667. The molecular weight excluding hydrogens is 260 g/mol. The molecule has 0 amide bonds. The second-order valence-electron chi connectivity index (χ2n) is 6.37. The number of nitrogens with zero attached hydrogens (tertiary/aromatic N) is 1. The van der Waals surface area contributed by atoms with Crippen molar-refractivity contribution in [3.05, 3.63) is 35.9 Å². The van der Waals surface area contributed by atoms with Crippen LogP contribution in [0.25, 0.3) is 0 Å². The zero-order chi connectivity index (χ0) is 15.1. The van der Waals surface area contributed by atoms with Gasteiger partial charge in [0.2, 0.25) is 0 Å². The Morgan fingerprint density at radius 2 is 1.86 bits per heavy atom. The molecule has 2 rings (SSSR count). The molecule has 1 aliphatic rings. The maximum atomic E-state index is 9.50. The second-order valence-corrected chi connectivity index (χ2v) is 6.37.